The molecule has 10 heteroatoms. The molecule has 4 saturated carbocycles. The Morgan fingerprint density at radius 3 is 1.31 bits per heavy atom. The Bertz CT molecular complexity index is 2140. The highest BCUT2D eigenvalue weighted by molar-refractivity contribution is 7.95. The molecule has 0 unspecified atom stereocenters. The number of hydrogen-bond acceptors (Lipinski definition) is 8. The van der Waals surface area contributed by atoms with Gasteiger partial charge in [-0.2, -0.15) is 0 Å². The van der Waals surface area contributed by atoms with Crippen molar-refractivity contribution in [2.45, 2.75) is 200 Å². The van der Waals surface area contributed by atoms with E-state index < -0.39 is 53.6 Å². The molecular formula is C57H88O8S2. The molecule has 67 heavy (non-hydrogen) atoms. The van der Waals surface area contributed by atoms with Crippen LogP contribution in [-0.2, 0) is 19.7 Å². The molecule has 4 fully saturated rings. The maximum absolute atomic E-state index is 12.4. The summed E-state index contributed by atoms with van der Waals surface area (Å²) in [7, 11) is -6.51. The van der Waals surface area contributed by atoms with E-state index in [2.05, 4.69) is 77.3 Å². The van der Waals surface area contributed by atoms with Crippen molar-refractivity contribution in [2.24, 2.45) is 34.5 Å². The second-order valence-corrected chi connectivity index (χ2v) is 28.1. The third-order valence-corrected chi connectivity index (χ3v) is 20.6. The number of hydrogen-bond donors (Lipinski definition) is 4. The van der Waals surface area contributed by atoms with E-state index in [1.807, 2.05) is 12.2 Å². The van der Waals surface area contributed by atoms with E-state index in [4.69, 9.17) is 0 Å². The van der Waals surface area contributed by atoms with E-state index in [0.717, 1.165) is 86.5 Å². The van der Waals surface area contributed by atoms with Gasteiger partial charge in [0.25, 0.3) is 0 Å². The van der Waals surface area contributed by atoms with Gasteiger partial charge in [0.15, 0.2) is 19.7 Å². The van der Waals surface area contributed by atoms with Gasteiger partial charge in [-0.1, -0.05) is 119 Å². The summed E-state index contributed by atoms with van der Waals surface area (Å²) in [5.74, 6) is 1.50. The molecule has 10 atom stereocenters. The lowest BCUT2D eigenvalue weighted by atomic mass is 9.62. The molecule has 0 saturated heterocycles. The lowest BCUT2D eigenvalue weighted by molar-refractivity contribution is 0.0856. The molecule has 0 radical (unpaired) electrons. The number of fused-ring (bicyclic) bond motifs is 2. The molecule has 6 rings (SSSR count). The van der Waals surface area contributed by atoms with Gasteiger partial charge in [0.1, 0.15) is 0 Å². The molecule has 0 aliphatic heterocycles. The van der Waals surface area contributed by atoms with E-state index in [0.29, 0.717) is 49.4 Å². The number of aliphatic hydroxyl groups is 4. The SMILES string of the molecule is C.C=C1/C(=C\C=C2/CCC[C@]3(C)C([C@H](C)C/C=C/S(=O)(=O)C(C)(C)C)=CC[C@@H]23)C[C@@H](O)C[C@@H]1O.C=C1/C(=C\C=C2/CCC[C@]3(C)C([C@H](C)C/C=C/S(=O)(=O)C(C)(C)C)=CC[C@@H]23)C[C@H](O)C[C@H]1O. The highest BCUT2D eigenvalue weighted by Crippen LogP contribution is 2.58. The van der Waals surface area contributed by atoms with Crippen molar-refractivity contribution in [3.05, 3.63) is 117 Å². The van der Waals surface area contributed by atoms with E-state index in [-0.39, 0.29) is 18.3 Å². The van der Waals surface area contributed by atoms with Gasteiger partial charge in [0.05, 0.1) is 33.9 Å². The molecule has 8 nitrogen and oxygen atoms in total. The van der Waals surface area contributed by atoms with Crippen LogP contribution < -0.4 is 0 Å². The average Bonchev–Trinajstić information content (AvgIpc) is 3.76. The monoisotopic (exact) mass is 965 g/mol. The van der Waals surface area contributed by atoms with E-state index in [9.17, 15) is 37.3 Å². The van der Waals surface area contributed by atoms with Crippen LogP contribution in [0.25, 0.3) is 0 Å². The largest absolute Gasteiger partial charge is 0.393 e. The Kier molecular flexibility index (Phi) is 18.7. The Labute approximate surface area is 407 Å². The third kappa shape index (κ3) is 12.9. The molecule has 0 aromatic heterocycles. The molecule has 0 spiro atoms. The van der Waals surface area contributed by atoms with E-state index >= 15 is 0 Å². The molecule has 0 amide bonds. The summed E-state index contributed by atoms with van der Waals surface area (Å²) < 4.78 is 48.1. The fourth-order valence-electron chi connectivity index (χ4n) is 11.6. The molecule has 0 aromatic rings. The van der Waals surface area contributed by atoms with Crippen molar-refractivity contribution in [3.8, 4) is 0 Å². The summed E-state index contributed by atoms with van der Waals surface area (Å²) >= 11 is 0. The van der Waals surface area contributed by atoms with Crippen LogP contribution in [0.15, 0.2) is 117 Å². The van der Waals surface area contributed by atoms with Gasteiger partial charge in [-0.05, 0) is 175 Å². The third-order valence-electron chi connectivity index (χ3n) is 16.0. The van der Waals surface area contributed by atoms with Gasteiger partial charge >= 0.3 is 0 Å². The van der Waals surface area contributed by atoms with Crippen LogP contribution in [0.1, 0.15) is 167 Å². The molecule has 376 valence electrons. The van der Waals surface area contributed by atoms with Gasteiger partial charge < -0.3 is 20.4 Å². The van der Waals surface area contributed by atoms with Crippen LogP contribution in [0.4, 0.5) is 0 Å². The van der Waals surface area contributed by atoms with Crippen molar-refractivity contribution in [1.82, 2.24) is 0 Å². The van der Waals surface area contributed by atoms with Crippen molar-refractivity contribution in [1.29, 1.82) is 0 Å². The van der Waals surface area contributed by atoms with Crippen LogP contribution in [0.5, 0.6) is 0 Å². The van der Waals surface area contributed by atoms with Gasteiger partial charge in [0, 0.05) is 23.7 Å². The molecule has 4 N–H and O–H groups in total. The smallest absolute Gasteiger partial charge is 0.176 e. The van der Waals surface area contributed by atoms with Gasteiger partial charge in [-0.15, -0.1) is 0 Å². The summed E-state index contributed by atoms with van der Waals surface area (Å²) in [6.45, 7) is 27.6. The fourth-order valence-corrected chi connectivity index (χ4v) is 13.1. The quantitative estimate of drug-likeness (QED) is 0.158. The number of rotatable bonds is 10. The molecule has 0 heterocycles. The zero-order valence-electron chi connectivity index (χ0n) is 41.9. The summed E-state index contributed by atoms with van der Waals surface area (Å²) in [6, 6.07) is 0. The topological polar surface area (TPSA) is 149 Å². The lowest BCUT2D eigenvalue weighted by Gasteiger charge is -2.42. The molecule has 6 aliphatic rings. The first kappa shape index (κ1) is 56.7. The normalized spacial score (nSPS) is 34.2. The lowest BCUT2D eigenvalue weighted by Crippen LogP contribution is -2.32. The summed E-state index contributed by atoms with van der Waals surface area (Å²) in [5, 5.41) is 43.2. The minimum atomic E-state index is -3.25. The van der Waals surface area contributed by atoms with Gasteiger partial charge in [0.2, 0.25) is 0 Å². The molecule has 6 aliphatic carbocycles. The minimum absolute atomic E-state index is 0. The van der Waals surface area contributed by atoms with Crippen LogP contribution in [0, 0.1) is 34.5 Å². The predicted molar refractivity (Wildman–Crippen MR) is 279 cm³/mol. The zero-order valence-corrected chi connectivity index (χ0v) is 43.6. The second-order valence-electron chi connectivity index (χ2n) is 22.9. The van der Waals surface area contributed by atoms with Gasteiger partial charge in [-0.3, -0.25) is 0 Å². The Morgan fingerprint density at radius 1 is 0.642 bits per heavy atom. The first-order valence-electron chi connectivity index (χ1n) is 24.7. The van der Waals surface area contributed by atoms with Crippen molar-refractivity contribution < 1.29 is 37.3 Å². The van der Waals surface area contributed by atoms with Gasteiger partial charge in [-0.25, -0.2) is 16.8 Å². The first-order valence-corrected chi connectivity index (χ1v) is 27.7. The highest BCUT2D eigenvalue weighted by atomic mass is 32.2. The predicted octanol–water partition coefficient (Wildman–Crippen LogP) is 12.2. The van der Waals surface area contributed by atoms with Crippen LogP contribution >= 0.6 is 0 Å². The summed E-state index contributed by atoms with van der Waals surface area (Å²) in [6.07, 6.45) is 26.7. The zero-order chi connectivity index (χ0) is 49.2. The number of sulfone groups is 2. The first-order chi connectivity index (χ1) is 30.5. The van der Waals surface area contributed by atoms with Crippen molar-refractivity contribution in [3.63, 3.8) is 0 Å². The van der Waals surface area contributed by atoms with E-state index in [1.54, 1.807) is 41.5 Å². The molecule has 0 aromatic carbocycles. The maximum Gasteiger partial charge on any atom is 0.176 e. The second kappa shape index (κ2) is 22.1. The maximum atomic E-state index is 12.4. The van der Waals surface area contributed by atoms with Crippen molar-refractivity contribution >= 4 is 19.7 Å². The Morgan fingerprint density at radius 2 is 0.985 bits per heavy atom. The van der Waals surface area contributed by atoms with Crippen LogP contribution in [0.3, 0.4) is 0 Å². The Hall–Kier alpha value is -2.86. The van der Waals surface area contributed by atoms with Crippen molar-refractivity contribution in [2.75, 3.05) is 0 Å². The van der Waals surface area contributed by atoms with Crippen LogP contribution in [0.2, 0.25) is 0 Å². The average molecular weight is 965 g/mol. The number of aliphatic hydroxyl groups excluding tert-OH is 4. The summed E-state index contributed by atoms with van der Waals surface area (Å²) in [5.41, 5.74) is 9.33. The Balaban J connectivity index is 0.000000288. The number of allylic oxidation sites excluding steroid dienone is 12. The summed E-state index contributed by atoms with van der Waals surface area (Å²) in [4.78, 5) is 0. The minimum Gasteiger partial charge on any atom is -0.393 e. The van der Waals surface area contributed by atoms with E-state index in [1.165, 1.54) is 33.1 Å². The highest BCUT2D eigenvalue weighted by Gasteiger charge is 2.47. The molecular weight excluding hydrogens is 877 g/mol. The van der Waals surface area contributed by atoms with Crippen LogP contribution in [-0.4, -0.2) is 71.2 Å². The standard InChI is InChI=1S/2C28H42O4S.CH4/c2*1-19(9-8-16-33(31,32)27(3,4)5)24-13-14-25-21(10-7-15-28(24,25)6)11-12-22-17-23(29)18-26(30)20(22)2;/h2*8,11-13,16,19,23,25-26,29-30H,2,7,9-10,14-15,17-18H2,1,3-6H3;1H4/b2*16-8+,21-11+,22-12-;/t19-,23+,25+,26-,28-;19-,23-,25+,26+,28-;/m11./s1. The molecule has 0 bridgehead atoms. The fraction of sp³-hybridized carbons (Fsp3) is 0.649.